The van der Waals surface area contributed by atoms with Crippen LogP contribution in [0.3, 0.4) is 0 Å². The van der Waals surface area contributed by atoms with Crippen LogP contribution in [0.2, 0.25) is 0 Å². The van der Waals surface area contributed by atoms with E-state index in [9.17, 15) is 9.59 Å². The number of thiazole rings is 1. The molecular formula is C22H27N5O2S. The Morgan fingerprint density at radius 1 is 1.00 bits per heavy atom. The summed E-state index contributed by atoms with van der Waals surface area (Å²) in [6.07, 6.45) is 0. The summed E-state index contributed by atoms with van der Waals surface area (Å²) in [5.74, 6) is -0.630. The number of anilines is 1. The minimum atomic E-state index is -0.344. The summed E-state index contributed by atoms with van der Waals surface area (Å²) in [7, 11) is 1.85. The number of para-hydroxylation sites is 1. The molecule has 2 N–H and O–H groups in total. The van der Waals surface area contributed by atoms with Gasteiger partial charge in [0.2, 0.25) is 0 Å². The van der Waals surface area contributed by atoms with Crippen molar-refractivity contribution in [2.75, 3.05) is 31.6 Å². The second kappa shape index (κ2) is 10.2. The minimum absolute atomic E-state index is 0.150. The summed E-state index contributed by atoms with van der Waals surface area (Å²) in [5, 5.41) is 0.948. The third kappa shape index (κ3) is 5.55. The van der Waals surface area contributed by atoms with Crippen LogP contribution in [-0.2, 0) is 11.3 Å². The lowest BCUT2D eigenvalue weighted by Crippen LogP contribution is -2.45. The number of likely N-dealkylation sites (N-methyl/N-ethyl adjacent to an activating group) is 1. The zero-order valence-electron chi connectivity index (χ0n) is 17.5. The van der Waals surface area contributed by atoms with Crippen LogP contribution in [0, 0.1) is 0 Å². The SMILES string of the molecule is CCN(CC)c1ccc(C(=O)NNC(=O)CN(C)Cc2nc3ccccc3s2)cc1. The highest BCUT2D eigenvalue weighted by molar-refractivity contribution is 7.18. The Balaban J connectivity index is 1.46. The Labute approximate surface area is 180 Å². The van der Waals surface area contributed by atoms with Crippen LogP contribution in [0.1, 0.15) is 29.2 Å². The number of amides is 2. The van der Waals surface area contributed by atoms with Crippen molar-refractivity contribution < 1.29 is 9.59 Å². The predicted octanol–water partition coefficient (Wildman–Crippen LogP) is 3.04. The quantitative estimate of drug-likeness (QED) is 0.543. The molecule has 2 aromatic carbocycles. The summed E-state index contributed by atoms with van der Waals surface area (Å²) in [6, 6.07) is 15.3. The van der Waals surface area contributed by atoms with Gasteiger partial charge in [0.1, 0.15) is 5.01 Å². The smallest absolute Gasteiger partial charge is 0.269 e. The molecule has 0 saturated carbocycles. The van der Waals surface area contributed by atoms with Crippen LogP contribution in [0.15, 0.2) is 48.5 Å². The van der Waals surface area contributed by atoms with Crippen LogP contribution < -0.4 is 15.8 Å². The Morgan fingerprint density at radius 2 is 1.70 bits per heavy atom. The van der Waals surface area contributed by atoms with Gasteiger partial charge in [-0.15, -0.1) is 11.3 Å². The van der Waals surface area contributed by atoms with E-state index in [1.807, 2.05) is 48.3 Å². The number of hydrogen-bond acceptors (Lipinski definition) is 6. The van der Waals surface area contributed by atoms with Crippen molar-refractivity contribution in [3.8, 4) is 0 Å². The molecule has 8 heteroatoms. The van der Waals surface area contributed by atoms with Gasteiger partial charge in [0.15, 0.2) is 0 Å². The first-order chi connectivity index (χ1) is 14.5. The van der Waals surface area contributed by atoms with E-state index in [4.69, 9.17) is 0 Å². The summed E-state index contributed by atoms with van der Waals surface area (Å²) >= 11 is 1.62. The number of aromatic nitrogens is 1. The molecule has 0 aliphatic heterocycles. The van der Waals surface area contributed by atoms with Gasteiger partial charge in [0, 0.05) is 24.3 Å². The fourth-order valence-electron chi connectivity index (χ4n) is 3.17. The number of nitrogens with one attached hydrogen (secondary N) is 2. The number of hydrazine groups is 1. The van der Waals surface area contributed by atoms with Gasteiger partial charge in [0.05, 0.1) is 23.3 Å². The van der Waals surface area contributed by atoms with Crippen molar-refractivity contribution >= 4 is 39.1 Å². The number of carbonyl (C=O) groups is 2. The lowest BCUT2D eigenvalue weighted by molar-refractivity contribution is -0.122. The van der Waals surface area contributed by atoms with E-state index in [-0.39, 0.29) is 18.4 Å². The van der Waals surface area contributed by atoms with Crippen molar-refractivity contribution in [1.82, 2.24) is 20.7 Å². The average molecular weight is 426 g/mol. The lowest BCUT2D eigenvalue weighted by atomic mass is 10.2. The molecule has 0 radical (unpaired) electrons. The zero-order valence-corrected chi connectivity index (χ0v) is 18.3. The van der Waals surface area contributed by atoms with Crippen molar-refractivity contribution in [3.63, 3.8) is 0 Å². The van der Waals surface area contributed by atoms with Gasteiger partial charge < -0.3 is 4.90 Å². The number of benzene rings is 2. The molecule has 0 aliphatic carbocycles. The van der Waals surface area contributed by atoms with Gasteiger partial charge in [-0.05, 0) is 57.3 Å². The maximum atomic E-state index is 12.3. The van der Waals surface area contributed by atoms with Crippen LogP contribution in [-0.4, -0.2) is 48.4 Å². The number of fused-ring (bicyclic) bond motifs is 1. The molecule has 0 spiro atoms. The summed E-state index contributed by atoms with van der Waals surface area (Å²) in [6.45, 7) is 6.71. The predicted molar refractivity (Wildman–Crippen MR) is 122 cm³/mol. The van der Waals surface area contributed by atoms with Gasteiger partial charge >= 0.3 is 0 Å². The van der Waals surface area contributed by atoms with Crippen LogP contribution >= 0.6 is 11.3 Å². The highest BCUT2D eigenvalue weighted by Gasteiger charge is 2.12. The average Bonchev–Trinajstić information content (AvgIpc) is 3.15. The first-order valence-corrected chi connectivity index (χ1v) is 10.8. The largest absolute Gasteiger partial charge is 0.372 e. The Kier molecular flexibility index (Phi) is 7.37. The fourth-order valence-corrected chi connectivity index (χ4v) is 4.22. The number of hydrogen-bond donors (Lipinski definition) is 2. The first-order valence-electron chi connectivity index (χ1n) is 9.97. The first kappa shape index (κ1) is 21.7. The molecule has 7 nitrogen and oxygen atoms in total. The number of nitrogens with zero attached hydrogens (tertiary/aromatic N) is 3. The van der Waals surface area contributed by atoms with E-state index in [1.165, 1.54) is 0 Å². The van der Waals surface area contributed by atoms with E-state index in [0.29, 0.717) is 12.1 Å². The van der Waals surface area contributed by atoms with E-state index >= 15 is 0 Å². The van der Waals surface area contributed by atoms with E-state index in [1.54, 1.807) is 23.5 Å². The van der Waals surface area contributed by atoms with Crippen molar-refractivity contribution in [1.29, 1.82) is 0 Å². The summed E-state index contributed by atoms with van der Waals surface area (Å²) in [5.41, 5.74) is 7.48. The maximum absolute atomic E-state index is 12.3. The van der Waals surface area contributed by atoms with Gasteiger partial charge in [0.25, 0.3) is 11.8 Å². The highest BCUT2D eigenvalue weighted by atomic mass is 32.1. The third-order valence-electron chi connectivity index (χ3n) is 4.73. The van der Waals surface area contributed by atoms with Crippen molar-refractivity contribution in [3.05, 3.63) is 59.1 Å². The third-order valence-corrected chi connectivity index (χ3v) is 5.75. The van der Waals surface area contributed by atoms with Crippen LogP contribution in [0.4, 0.5) is 5.69 Å². The van der Waals surface area contributed by atoms with Gasteiger partial charge in [-0.3, -0.25) is 25.3 Å². The summed E-state index contributed by atoms with van der Waals surface area (Å²) in [4.78, 5) is 33.1. The second-order valence-electron chi connectivity index (χ2n) is 6.97. The molecule has 0 saturated heterocycles. The second-order valence-corrected chi connectivity index (χ2v) is 8.08. The monoisotopic (exact) mass is 425 g/mol. The maximum Gasteiger partial charge on any atom is 0.269 e. The molecule has 0 fully saturated rings. The van der Waals surface area contributed by atoms with Gasteiger partial charge in [-0.1, -0.05) is 12.1 Å². The van der Waals surface area contributed by atoms with E-state index in [2.05, 4.69) is 34.6 Å². The van der Waals surface area contributed by atoms with E-state index < -0.39 is 0 Å². The molecule has 1 aromatic heterocycles. The van der Waals surface area contributed by atoms with Crippen molar-refractivity contribution in [2.24, 2.45) is 0 Å². The lowest BCUT2D eigenvalue weighted by Gasteiger charge is -2.21. The normalized spacial score (nSPS) is 10.9. The number of rotatable bonds is 8. The molecule has 30 heavy (non-hydrogen) atoms. The van der Waals surface area contributed by atoms with Gasteiger partial charge in [-0.2, -0.15) is 0 Å². The van der Waals surface area contributed by atoms with Crippen molar-refractivity contribution in [2.45, 2.75) is 20.4 Å². The van der Waals surface area contributed by atoms with Gasteiger partial charge in [-0.25, -0.2) is 4.98 Å². The molecule has 0 aliphatic rings. The van der Waals surface area contributed by atoms with Crippen LogP contribution in [0.5, 0.6) is 0 Å². The molecule has 0 bridgehead atoms. The Bertz CT molecular complexity index is 965. The number of carbonyl (C=O) groups excluding carboxylic acids is 2. The molecular weight excluding hydrogens is 398 g/mol. The molecule has 3 aromatic rings. The molecule has 1 heterocycles. The fraction of sp³-hybridized carbons (Fsp3) is 0.318. The van der Waals surface area contributed by atoms with E-state index in [0.717, 1.165) is 34.0 Å². The molecule has 2 amide bonds. The summed E-state index contributed by atoms with van der Waals surface area (Å²) < 4.78 is 1.13. The zero-order chi connectivity index (χ0) is 21.5. The minimum Gasteiger partial charge on any atom is -0.372 e. The molecule has 3 rings (SSSR count). The Morgan fingerprint density at radius 3 is 2.37 bits per heavy atom. The molecule has 0 unspecified atom stereocenters. The highest BCUT2D eigenvalue weighted by Crippen LogP contribution is 2.22. The Hall–Kier alpha value is -2.97. The topological polar surface area (TPSA) is 77.6 Å². The molecule has 0 atom stereocenters. The standard InChI is InChI=1S/C22H27N5O2S/c1-4-27(5-2)17-12-10-16(11-13-17)22(29)25-24-20(28)14-26(3)15-21-23-18-8-6-7-9-19(18)30-21/h6-13H,4-5,14-15H2,1-3H3,(H,24,28)(H,25,29). The molecule has 158 valence electrons. The van der Waals surface area contributed by atoms with Crippen LogP contribution in [0.25, 0.3) is 10.2 Å².